The number of nitrogens with zero attached hydrogens (tertiary/aromatic N) is 4. The summed E-state index contributed by atoms with van der Waals surface area (Å²) in [5, 5.41) is 2.23. The Balaban J connectivity index is 2.07. The molecule has 18 heavy (non-hydrogen) atoms. The maximum absolute atomic E-state index is 5.86. The molecule has 1 aliphatic rings. The fourth-order valence-corrected chi connectivity index (χ4v) is 2.41. The Hall–Kier alpha value is -1.33. The summed E-state index contributed by atoms with van der Waals surface area (Å²) < 4.78 is 7.49. The molecule has 0 radical (unpaired) electrons. The van der Waals surface area contributed by atoms with E-state index in [9.17, 15) is 0 Å². The molecule has 0 spiro atoms. The van der Waals surface area contributed by atoms with Gasteiger partial charge in [0.05, 0.1) is 26.3 Å². The second-order valence-electron chi connectivity index (χ2n) is 4.19. The van der Waals surface area contributed by atoms with Crippen molar-refractivity contribution in [1.82, 2.24) is 14.6 Å². The summed E-state index contributed by atoms with van der Waals surface area (Å²) in [6, 6.07) is 3.89. The summed E-state index contributed by atoms with van der Waals surface area (Å²) in [6.07, 6.45) is 2.54. The number of rotatable bonds is 3. The lowest BCUT2D eigenvalue weighted by Gasteiger charge is -2.30. The number of alkyl halides is 1. The molecule has 1 aliphatic heterocycles. The van der Waals surface area contributed by atoms with Gasteiger partial charge in [0.25, 0.3) is 0 Å². The van der Waals surface area contributed by atoms with E-state index in [0.29, 0.717) is 5.88 Å². The largest absolute Gasteiger partial charge is 0.378 e. The summed E-state index contributed by atoms with van der Waals surface area (Å²) in [6.45, 7) is 3.20. The topological polar surface area (TPSA) is 43.2 Å². The molecule has 1 saturated heterocycles. The molecule has 3 heterocycles. The normalized spacial score (nSPS) is 16.4. The lowest BCUT2D eigenvalue weighted by molar-refractivity contribution is 0.111. The molecule has 0 amide bonds. The molecule has 2 aromatic heterocycles. The zero-order chi connectivity index (χ0) is 12.4. The quantitative estimate of drug-likeness (QED) is 0.783. The van der Waals surface area contributed by atoms with Crippen molar-refractivity contribution in [2.45, 2.75) is 6.42 Å². The van der Waals surface area contributed by atoms with Gasteiger partial charge in [-0.3, -0.25) is 0 Å². The number of imidazole rings is 1. The average Bonchev–Trinajstić information content (AvgIpc) is 2.78. The molecule has 0 unspecified atom stereocenters. The van der Waals surface area contributed by atoms with Crippen LogP contribution in [0.3, 0.4) is 0 Å². The fraction of sp³-hybridized carbons (Fsp3) is 0.500. The first-order chi connectivity index (χ1) is 8.90. The van der Waals surface area contributed by atoms with E-state index in [-0.39, 0.29) is 0 Å². The molecule has 0 atom stereocenters. The second-order valence-corrected chi connectivity index (χ2v) is 4.57. The number of hydrogen-bond acceptors (Lipinski definition) is 4. The Morgan fingerprint density at radius 3 is 2.94 bits per heavy atom. The van der Waals surface area contributed by atoms with Crippen LogP contribution in [-0.2, 0) is 11.2 Å². The van der Waals surface area contributed by atoms with Gasteiger partial charge in [0.15, 0.2) is 5.65 Å². The van der Waals surface area contributed by atoms with E-state index < -0.39 is 0 Å². The van der Waals surface area contributed by atoms with Crippen LogP contribution in [0, 0.1) is 0 Å². The Bertz CT molecular complexity index is 536. The zero-order valence-corrected chi connectivity index (χ0v) is 10.8. The molecule has 0 bridgehead atoms. The first-order valence-corrected chi connectivity index (χ1v) is 6.65. The number of halogens is 1. The Kier molecular flexibility index (Phi) is 3.34. The maximum atomic E-state index is 5.86. The predicted molar refractivity (Wildman–Crippen MR) is 70.7 cm³/mol. The highest BCUT2D eigenvalue weighted by atomic mass is 35.5. The van der Waals surface area contributed by atoms with Crippen LogP contribution in [0.25, 0.3) is 11.2 Å². The molecule has 96 valence electrons. The highest BCUT2D eigenvalue weighted by Gasteiger charge is 2.18. The smallest absolute Gasteiger partial charge is 0.179 e. The minimum absolute atomic E-state index is 0.563. The summed E-state index contributed by atoms with van der Waals surface area (Å²) in [5.74, 6) is 1.54. The minimum atomic E-state index is 0.563. The van der Waals surface area contributed by atoms with Gasteiger partial charge in [0.2, 0.25) is 0 Å². The first-order valence-electron chi connectivity index (χ1n) is 6.11. The predicted octanol–water partition coefficient (Wildman–Crippen LogP) is 1.18. The summed E-state index contributed by atoms with van der Waals surface area (Å²) >= 11 is 5.86. The van der Waals surface area contributed by atoms with E-state index in [1.54, 1.807) is 6.20 Å². The molecular weight excluding hydrogens is 252 g/mol. The van der Waals surface area contributed by atoms with Crippen molar-refractivity contribution in [2.75, 3.05) is 37.2 Å². The van der Waals surface area contributed by atoms with Gasteiger partial charge in [0.1, 0.15) is 11.3 Å². The van der Waals surface area contributed by atoms with Gasteiger partial charge in [-0.15, -0.1) is 11.6 Å². The van der Waals surface area contributed by atoms with Crippen molar-refractivity contribution in [2.24, 2.45) is 0 Å². The van der Waals surface area contributed by atoms with Crippen molar-refractivity contribution in [3.8, 4) is 0 Å². The highest BCUT2D eigenvalue weighted by molar-refractivity contribution is 6.17. The van der Waals surface area contributed by atoms with E-state index >= 15 is 0 Å². The number of hydrogen-bond donors (Lipinski definition) is 0. The standard InChI is InChI=1S/C12H15ClN4O/c13-4-3-11-15-10-2-1-5-14-12(10)17(11)16-6-8-18-9-7-16/h1-2,5H,3-4,6-9H2. The van der Waals surface area contributed by atoms with Gasteiger partial charge in [0, 0.05) is 18.5 Å². The average molecular weight is 267 g/mol. The number of morpholine rings is 1. The number of fused-ring (bicyclic) bond motifs is 1. The molecular formula is C12H15ClN4O. The molecule has 0 aliphatic carbocycles. The zero-order valence-electron chi connectivity index (χ0n) is 10.0. The van der Waals surface area contributed by atoms with Crippen molar-refractivity contribution in [3.05, 3.63) is 24.2 Å². The number of pyridine rings is 1. The summed E-state index contributed by atoms with van der Waals surface area (Å²) in [4.78, 5) is 9.05. The van der Waals surface area contributed by atoms with Gasteiger partial charge in [-0.1, -0.05) is 0 Å². The fourth-order valence-electron chi connectivity index (χ4n) is 2.24. The van der Waals surface area contributed by atoms with E-state index in [2.05, 4.69) is 19.7 Å². The van der Waals surface area contributed by atoms with Crippen LogP contribution in [0.4, 0.5) is 0 Å². The molecule has 6 heteroatoms. The van der Waals surface area contributed by atoms with Crippen molar-refractivity contribution < 1.29 is 4.74 Å². The van der Waals surface area contributed by atoms with Crippen LogP contribution >= 0.6 is 11.6 Å². The number of aryl methyl sites for hydroxylation is 1. The van der Waals surface area contributed by atoms with Gasteiger partial charge in [-0.25, -0.2) is 14.6 Å². The van der Waals surface area contributed by atoms with Gasteiger partial charge >= 0.3 is 0 Å². The molecule has 0 N–H and O–H groups in total. The lowest BCUT2D eigenvalue weighted by Crippen LogP contribution is -2.44. The molecule has 0 aromatic carbocycles. The lowest BCUT2D eigenvalue weighted by atomic mass is 10.4. The molecule has 1 fully saturated rings. The minimum Gasteiger partial charge on any atom is -0.378 e. The van der Waals surface area contributed by atoms with Crippen LogP contribution in [0.2, 0.25) is 0 Å². The van der Waals surface area contributed by atoms with Gasteiger partial charge in [-0.2, -0.15) is 0 Å². The van der Waals surface area contributed by atoms with E-state index in [0.717, 1.165) is 49.7 Å². The monoisotopic (exact) mass is 266 g/mol. The van der Waals surface area contributed by atoms with Crippen LogP contribution in [0.1, 0.15) is 5.82 Å². The SMILES string of the molecule is ClCCc1nc2cccnc2n1N1CCOCC1. The molecule has 5 nitrogen and oxygen atoms in total. The number of ether oxygens (including phenoxy) is 1. The van der Waals surface area contributed by atoms with Crippen molar-refractivity contribution in [1.29, 1.82) is 0 Å². The second kappa shape index (κ2) is 5.12. The number of aromatic nitrogens is 3. The molecule has 3 rings (SSSR count). The first kappa shape index (κ1) is 11.7. The van der Waals surface area contributed by atoms with Crippen molar-refractivity contribution >= 4 is 22.8 Å². The molecule has 0 saturated carbocycles. The van der Waals surface area contributed by atoms with E-state index in [1.165, 1.54) is 0 Å². The van der Waals surface area contributed by atoms with Gasteiger partial charge < -0.3 is 9.75 Å². The third-order valence-corrected chi connectivity index (χ3v) is 3.24. The highest BCUT2D eigenvalue weighted by Crippen LogP contribution is 2.15. The van der Waals surface area contributed by atoms with Crippen LogP contribution in [-0.4, -0.2) is 46.8 Å². The Morgan fingerprint density at radius 2 is 2.17 bits per heavy atom. The summed E-state index contributed by atoms with van der Waals surface area (Å²) in [7, 11) is 0. The summed E-state index contributed by atoms with van der Waals surface area (Å²) in [5.41, 5.74) is 1.82. The Labute approximate surface area is 110 Å². The van der Waals surface area contributed by atoms with Gasteiger partial charge in [-0.05, 0) is 12.1 Å². The van der Waals surface area contributed by atoms with Crippen LogP contribution < -0.4 is 5.01 Å². The van der Waals surface area contributed by atoms with Crippen LogP contribution in [0.15, 0.2) is 18.3 Å². The third-order valence-electron chi connectivity index (χ3n) is 3.05. The van der Waals surface area contributed by atoms with Crippen molar-refractivity contribution in [3.63, 3.8) is 0 Å². The van der Waals surface area contributed by atoms with E-state index in [4.69, 9.17) is 16.3 Å². The van der Waals surface area contributed by atoms with E-state index in [1.807, 2.05) is 12.1 Å². The molecule has 2 aromatic rings. The maximum Gasteiger partial charge on any atom is 0.179 e. The third kappa shape index (κ3) is 2.04. The van der Waals surface area contributed by atoms with Crippen LogP contribution in [0.5, 0.6) is 0 Å². The Morgan fingerprint density at radius 1 is 1.33 bits per heavy atom.